The van der Waals surface area contributed by atoms with Crippen LogP contribution < -0.4 is 9.64 Å². The summed E-state index contributed by atoms with van der Waals surface area (Å²) in [5.41, 5.74) is 1.82. The van der Waals surface area contributed by atoms with Gasteiger partial charge in [0.1, 0.15) is 17.7 Å². The van der Waals surface area contributed by atoms with Crippen molar-refractivity contribution in [2.75, 3.05) is 31.1 Å². The van der Waals surface area contributed by atoms with Gasteiger partial charge < -0.3 is 19.6 Å². The average Bonchev–Trinajstić information content (AvgIpc) is 3.44. The molecule has 0 bridgehead atoms. The number of ether oxygens (including phenoxy) is 1. The van der Waals surface area contributed by atoms with Crippen LogP contribution in [0.4, 0.5) is 5.82 Å². The zero-order valence-electron chi connectivity index (χ0n) is 18.1. The molecule has 1 saturated carbocycles. The molecule has 3 aliphatic rings. The van der Waals surface area contributed by atoms with Gasteiger partial charge in [0.2, 0.25) is 0 Å². The minimum atomic E-state index is -0.526. The standard InChI is InChI=1S/C25H31N3O3/c1-17-8-9-26-24(12-17)28-15-18-13-21(29)23(14-19(18)16-28)31-22-7-3-2-6-20(22)25(30)27-10-4-5-11-27/h2-3,6-9,12,18-19,21,23,29H,4-5,10-11,13-16H2,1H3/t18-,19+,21+,23+/m0/s1. The normalized spacial score (nSPS) is 27.9. The van der Waals surface area contributed by atoms with Gasteiger partial charge >= 0.3 is 0 Å². The Hall–Kier alpha value is -2.60. The van der Waals surface area contributed by atoms with Crippen LogP contribution in [0.1, 0.15) is 41.6 Å². The zero-order chi connectivity index (χ0) is 21.4. The summed E-state index contributed by atoms with van der Waals surface area (Å²) in [4.78, 5) is 21.8. The number of rotatable bonds is 4. The molecule has 2 saturated heterocycles. The van der Waals surface area contributed by atoms with E-state index < -0.39 is 6.10 Å². The summed E-state index contributed by atoms with van der Waals surface area (Å²) in [7, 11) is 0. The van der Waals surface area contributed by atoms with E-state index in [9.17, 15) is 9.90 Å². The monoisotopic (exact) mass is 421 g/mol. The van der Waals surface area contributed by atoms with Gasteiger partial charge in [-0.15, -0.1) is 0 Å². The van der Waals surface area contributed by atoms with Gasteiger partial charge in [-0.1, -0.05) is 12.1 Å². The van der Waals surface area contributed by atoms with Crippen molar-refractivity contribution in [2.45, 2.75) is 44.8 Å². The molecule has 1 N–H and O–H groups in total. The van der Waals surface area contributed by atoms with E-state index in [4.69, 9.17) is 4.74 Å². The lowest BCUT2D eigenvalue weighted by Crippen LogP contribution is -2.42. The summed E-state index contributed by atoms with van der Waals surface area (Å²) >= 11 is 0. The highest BCUT2D eigenvalue weighted by Crippen LogP contribution is 2.39. The van der Waals surface area contributed by atoms with Crippen molar-refractivity contribution < 1.29 is 14.6 Å². The third-order valence-electron chi connectivity index (χ3n) is 7.10. The summed E-state index contributed by atoms with van der Waals surface area (Å²) in [5.74, 6) is 2.55. The zero-order valence-corrected chi connectivity index (χ0v) is 18.1. The van der Waals surface area contributed by atoms with Gasteiger partial charge in [0.05, 0.1) is 11.7 Å². The number of carbonyl (C=O) groups excluding carboxylic acids is 1. The number of aromatic nitrogens is 1. The van der Waals surface area contributed by atoms with Gasteiger partial charge in [0.15, 0.2) is 0 Å². The molecule has 1 aromatic carbocycles. The summed E-state index contributed by atoms with van der Waals surface area (Å²) in [6, 6.07) is 11.6. The molecule has 1 aliphatic carbocycles. The average molecular weight is 422 g/mol. The van der Waals surface area contributed by atoms with Gasteiger partial charge in [-0.3, -0.25) is 4.79 Å². The fraction of sp³-hybridized carbons (Fsp3) is 0.520. The van der Waals surface area contributed by atoms with E-state index in [1.807, 2.05) is 41.4 Å². The van der Waals surface area contributed by atoms with Crippen molar-refractivity contribution in [1.29, 1.82) is 0 Å². The molecular weight excluding hydrogens is 390 g/mol. The third-order valence-corrected chi connectivity index (χ3v) is 7.10. The molecule has 6 nitrogen and oxygen atoms in total. The van der Waals surface area contributed by atoms with Crippen molar-refractivity contribution >= 4 is 11.7 Å². The predicted molar refractivity (Wildman–Crippen MR) is 119 cm³/mol. The molecule has 2 aromatic rings. The van der Waals surface area contributed by atoms with E-state index in [0.717, 1.165) is 57.7 Å². The van der Waals surface area contributed by atoms with Crippen LogP contribution in [0.2, 0.25) is 0 Å². The van der Waals surface area contributed by atoms with E-state index in [-0.39, 0.29) is 12.0 Å². The maximum Gasteiger partial charge on any atom is 0.257 e. The summed E-state index contributed by atoms with van der Waals surface area (Å²) in [6.45, 7) is 5.57. The summed E-state index contributed by atoms with van der Waals surface area (Å²) < 4.78 is 6.32. The number of pyridine rings is 1. The predicted octanol–water partition coefficient (Wildman–Crippen LogP) is 3.28. The number of nitrogens with zero attached hydrogens (tertiary/aromatic N) is 3. The minimum absolute atomic E-state index is 0.0360. The quantitative estimate of drug-likeness (QED) is 0.821. The number of amides is 1. The van der Waals surface area contributed by atoms with Crippen LogP contribution in [0, 0.1) is 18.8 Å². The van der Waals surface area contributed by atoms with Gasteiger partial charge in [-0.05, 0) is 74.3 Å². The highest BCUT2D eigenvalue weighted by atomic mass is 16.5. The summed E-state index contributed by atoms with van der Waals surface area (Å²) in [6.07, 6.45) is 4.68. The van der Waals surface area contributed by atoms with Crippen LogP contribution in [0.5, 0.6) is 5.75 Å². The Balaban J connectivity index is 1.29. The smallest absolute Gasteiger partial charge is 0.257 e. The van der Waals surface area contributed by atoms with Crippen molar-refractivity contribution in [1.82, 2.24) is 9.88 Å². The first-order chi connectivity index (χ1) is 15.1. The molecule has 3 fully saturated rings. The van der Waals surface area contributed by atoms with Gasteiger partial charge in [-0.25, -0.2) is 4.98 Å². The number of para-hydroxylation sites is 1. The molecule has 3 heterocycles. The van der Waals surface area contributed by atoms with Crippen LogP contribution in [0.15, 0.2) is 42.6 Å². The van der Waals surface area contributed by atoms with E-state index in [2.05, 4.69) is 22.9 Å². The fourth-order valence-electron chi connectivity index (χ4n) is 5.40. The minimum Gasteiger partial charge on any atom is -0.487 e. The van der Waals surface area contributed by atoms with Gasteiger partial charge in [0, 0.05) is 32.4 Å². The number of fused-ring (bicyclic) bond motifs is 1. The van der Waals surface area contributed by atoms with E-state index in [1.165, 1.54) is 5.56 Å². The molecule has 0 radical (unpaired) electrons. The topological polar surface area (TPSA) is 65.9 Å². The number of likely N-dealkylation sites (tertiary alicyclic amines) is 1. The Morgan fingerprint density at radius 1 is 1.10 bits per heavy atom. The third kappa shape index (κ3) is 4.13. The van der Waals surface area contributed by atoms with Crippen LogP contribution >= 0.6 is 0 Å². The van der Waals surface area contributed by atoms with Crippen LogP contribution in [-0.2, 0) is 0 Å². The molecule has 31 heavy (non-hydrogen) atoms. The Kier molecular flexibility index (Phi) is 5.57. The van der Waals surface area contributed by atoms with E-state index in [0.29, 0.717) is 23.1 Å². The molecule has 4 atom stereocenters. The fourth-order valence-corrected chi connectivity index (χ4v) is 5.40. The number of aryl methyl sites for hydroxylation is 1. The molecule has 0 spiro atoms. The molecule has 164 valence electrons. The number of benzene rings is 1. The number of hydrogen-bond acceptors (Lipinski definition) is 5. The Morgan fingerprint density at radius 3 is 2.61 bits per heavy atom. The molecule has 1 aromatic heterocycles. The highest BCUT2D eigenvalue weighted by Gasteiger charge is 2.43. The Bertz CT molecular complexity index is 943. The molecule has 6 heteroatoms. The maximum absolute atomic E-state index is 13.0. The number of anilines is 1. The van der Waals surface area contributed by atoms with Crippen LogP contribution in [0.3, 0.4) is 0 Å². The van der Waals surface area contributed by atoms with Crippen LogP contribution in [-0.4, -0.2) is 59.3 Å². The molecule has 0 unspecified atom stereocenters. The lowest BCUT2D eigenvalue weighted by molar-refractivity contribution is -0.0235. The summed E-state index contributed by atoms with van der Waals surface area (Å²) in [5, 5.41) is 10.9. The SMILES string of the molecule is Cc1ccnc(N2C[C@H]3C[C@@H](Oc4ccccc4C(=O)N4CCCC4)[C@H](O)C[C@H]3C2)c1. The Labute approximate surface area is 183 Å². The molecular formula is C25H31N3O3. The molecule has 2 aliphatic heterocycles. The highest BCUT2D eigenvalue weighted by molar-refractivity contribution is 5.97. The number of carbonyl (C=O) groups is 1. The maximum atomic E-state index is 13.0. The number of aliphatic hydroxyl groups is 1. The lowest BCUT2D eigenvalue weighted by atomic mass is 9.78. The number of aliphatic hydroxyl groups excluding tert-OH is 1. The van der Waals surface area contributed by atoms with Crippen molar-refractivity contribution in [3.05, 3.63) is 53.7 Å². The second kappa shape index (κ2) is 8.50. The second-order valence-electron chi connectivity index (χ2n) is 9.31. The van der Waals surface area contributed by atoms with Crippen LogP contribution in [0.25, 0.3) is 0 Å². The Morgan fingerprint density at radius 2 is 1.84 bits per heavy atom. The van der Waals surface area contributed by atoms with Gasteiger partial charge in [0.25, 0.3) is 5.91 Å². The number of hydrogen-bond donors (Lipinski definition) is 1. The van der Waals surface area contributed by atoms with E-state index in [1.54, 1.807) is 0 Å². The second-order valence-corrected chi connectivity index (χ2v) is 9.31. The lowest BCUT2D eigenvalue weighted by Gasteiger charge is -2.35. The van der Waals surface area contributed by atoms with Crippen molar-refractivity contribution in [2.24, 2.45) is 11.8 Å². The molecule has 1 amide bonds. The van der Waals surface area contributed by atoms with Gasteiger partial charge in [-0.2, -0.15) is 0 Å². The first-order valence-corrected chi connectivity index (χ1v) is 11.5. The molecule has 5 rings (SSSR count). The van der Waals surface area contributed by atoms with Crippen molar-refractivity contribution in [3.8, 4) is 5.75 Å². The van der Waals surface area contributed by atoms with Crippen molar-refractivity contribution in [3.63, 3.8) is 0 Å². The van der Waals surface area contributed by atoms with E-state index >= 15 is 0 Å². The first-order valence-electron chi connectivity index (χ1n) is 11.5. The largest absolute Gasteiger partial charge is 0.487 e. The first kappa shape index (κ1) is 20.3.